The van der Waals surface area contributed by atoms with Gasteiger partial charge in [-0.1, -0.05) is 32.6 Å². The molecule has 0 aliphatic rings. The number of aliphatic hydroxyl groups is 1. The molecule has 0 fully saturated rings. The third-order valence-corrected chi connectivity index (χ3v) is 1.55. The van der Waals surface area contributed by atoms with Crippen LogP contribution >= 0.6 is 0 Å². The van der Waals surface area contributed by atoms with E-state index in [1.165, 1.54) is 19.3 Å². The molecule has 0 saturated carbocycles. The molecule has 62 valence electrons. The summed E-state index contributed by atoms with van der Waals surface area (Å²) in [6.07, 6.45) is 4.18. The van der Waals surface area contributed by atoms with E-state index in [0.29, 0.717) is 6.42 Å². The summed E-state index contributed by atoms with van der Waals surface area (Å²) in [6.45, 7) is 2.14. The zero-order valence-corrected chi connectivity index (χ0v) is 6.65. The van der Waals surface area contributed by atoms with Crippen LogP contribution in [-0.4, -0.2) is 11.5 Å². The van der Waals surface area contributed by atoms with E-state index in [0.717, 1.165) is 12.8 Å². The minimum atomic E-state index is -1.60. The highest BCUT2D eigenvalue weighted by molar-refractivity contribution is 4.44. The molecule has 0 bridgehead atoms. The molecule has 0 amide bonds. The van der Waals surface area contributed by atoms with Gasteiger partial charge in [0.25, 0.3) is 0 Å². The smallest absolute Gasteiger partial charge is 0.196 e. The van der Waals surface area contributed by atoms with E-state index in [2.05, 4.69) is 6.92 Å². The van der Waals surface area contributed by atoms with Crippen LogP contribution in [0.3, 0.4) is 0 Å². The van der Waals surface area contributed by atoms with E-state index in [-0.39, 0.29) is 0 Å². The van der Waals surface area contributed by atoms with Crippen LogP contribution in [0.2, 0.25) is 0 Å². The maximum absolute atomic E-state index is 11.8. The van der Waals surface area contributed by atoms with Crippen molar-refractivity contribution in [2.75, 3.05) is 0 Å². The lowest BCUT2D eigenvalue weighted by molar-refractivity contribution is 0.0323. The number of halogens is 1. The summed E-state index contributed by atoms with van der Waals surface area (Å²) in [6, 6.07) is 0. The Kier molecular flexibility index (Phi) is 6.93. The molecule has 0 aliphatic heterocycles. The van der Waals surface area contributed by atoms with E-state index in [9.17, 15) is 4.39 Å². The fourth-order valence-corrected chi connectivity index (χ4v) is 0.916. The average Bonchev–Trinajstić information content (AvgIpc) is 1.87. The molecule has 1 N–H and O–H groups in total. The van der Waals surface area contributed by atoms with Crippen molar-refractivity contribution in [2.24, 2.45) is 0 Å². The predicted molar refractivity (Wildman–Crippen MR) is 40.5 cm³/mol. The van der Waals surface area contributed by atoms with Crippen LogP contribution < -0.4 is 0 Å². The van der Waals surface area contributed by atoms with Gasteiger partial charge in [-0.05, 0) is 6.42 Å². The second kappa shape index (κ2) is 7.00. The summed E-state index contributed by atoms with van der Waals surface area (Å²) < 4.78 is 11.8. The molecule has 0 aromatic carbocycles. The summed E-state index contributed by atoms with van der Waals surface area (Å²) in [5.74, 6) is 0. The summed E-state index contributed by atoms with van der Waals surface area (Å²) in [4.78, 5) is 0. The standard InChI is InChI=1S/C8H17FO/c1-2-3-4-5-6-7-8(9)10/h8,10H,2-7H2,1H3. The van der Waals surface area contributed by atoms with Crippen molar-refractivity contribution >= 4 is 0 Å². The second-order valence-electron chi connectivity index (χ2n) is 2.64. The molecule has 0 heterocycles. The van der Waals surface area contributed by atoms with Gasteiger partial charge in [0.05, 0.1) is 0 Å². The van der Waals surface area contributed by atoms with Gasteiger partial charge in [-0.25, -0.2) is 4.39 Å². The zero-order valence-electron chi connectivity index (χ0n) is 6.65. The van der Waals surface area contributed by atoms with Gasteiger partial charge in [0.2, 0.25) is 0 Å². The van der Waals surface area contributed by atoms with Crippen LogP contribution in [0.5, 0.6) is 0 Å². The number of aliphatic hydroxyl groups excluding tert-OH is 1. The van der Waals surface area contributed by atoms with Gasteiger partial charge in [-0.3, -0.25) is 0 Å². The van der Waals surface area contributed by atoms with E-state index in [4.69, 9.17) is 5.11 Å². The lowest BCUT2D eigenvalue weighted by Gasteiger charge is -1.99. The van der Waals surface area contributed by atoms with Gasteiger partial charge in [-0.2, -0.15) is 0 Å². The summed E-state index contributed by atoms with van der Waals surface area (Å²) in [5, 5.41) is 8.24. The molecule has 1 unspecified atom stereocenters. The normalized spacial score (nSPS) is 13.5. The molecular formula is C8H17FO. The third kappa shape index (κ3) is 7.89. The van der Waals surface area contributed by atoms with Crippen molar-refractivity contribution in [3.8, 4) is 0 Å². The Labute approximate surface area is 62.3 Å². The van der Waals surface area contributed by atoms with E-state index in [1.54, 1.807) is 0 Å². The second-order valence-corrected chi connectivity index (χ2v) is 2.64. The van der Waals surface area contributed by atoms with Crippen molar-refractivity contribution in [1.29, 1.82) is 0 Å². The molecule has 0 saturated heterocycles. The summed E-state index contributed by atoms with van der Waals surface area (Å²) in [7, 11) is 0. The number of hydrogen-bond acceptors (Lipinski definition) is 1. The van der Waals surface area contributed by atoms with Gasteiger partial charge < -0.3 is 5.11 Å². The lowest BCUT2D eigenvalue weighted by atomic mass is 10.1. The van der Waals surface area contributed by atoms with Crippen LogP contribution in [0.15, 0.2) is 0 Å². The van der Waals surface area contributed by atoms with E-state index in [1.807, 2.05) is 0 Å². The van der Waals surface area contributed by atoms with Crippen molar-refractivity contribution in [2.45, 2.75) is 51.8 Å². The molecule has 0 aromatic heterocycles. The molecule has 0 radical (unpaired) electrons. The Morgan fingerprint density at radius 3 is 2.30 bits per heavy atom. The van der Waals surface area contributed by atoms with Crippen LogP contribution in [0.4, 0.5) is 4.39 Å². The molecule has 1 atom stereocenters. The monoisotopic (exact) mass is 148 g/mol. The van der Waals surface area contributed by atoms with Crippen LogP contribution in [0, 0.1) is 0 Å². The predicted octanol–water partition coefficient (Wildman–Crippen LogP) is 2.63. The van der Waals surface area contributed by atoms with Gasteiger partial charge in [0, 0.05) is 6.42 Å². The zero-order chi connectivity index (χ0) is 7.82. The lowest BCUT2D eigenvalue weighted by Crippen LogP contribution is -1.95. The molecule has 10 heavy (non-hydrogen) atoms. The molecule has 0 spiro atoms. The Balaban J connectivity index is 2.77. The van der Waals surface area contributed by atoms with E-state index >= 15 is 0 Å². The minimum absolute atomic E-state index is 0.309. The minimum Gasteiger partial charge on any atom is -0.364 e. The van der Waals surface area contributed by atoms with Crippen molar-refractivity contribution < 1.29 is 9.50 Å². The largest absolute Gasteiger partial charge is 0.364 e. The van der Waals surface area contributed by atoms with Gasteiger partial charge in [0.15, 0.2) is 6.36 Å². The molecule has 0 rings (SSSR count). The fraction of sp³-hybridized carbons (Fsp3) is 1.00. The van der Waals surface area contributed by atoms with Gasteiger partial charge in [-0.15, -0.1) is 0 Å². The maximum atomic E-state index is 11.8. The highest BCUT2D eigenvalue weighted by Crippen LogP contribution is 2.07. The van der Waals surface area contributed by atoms with Gasteiger partial charge >= 0.3 is 0 Å². The first-order chi connectivity index (χ1) is 4.77. The number of hydrogen-bond donors (Lipinski definition) is 1. The van der Waals surface area contributed by atoms with Crippen molar-refractivity contribution in [3.63, 3.8) is 0 Å². The first kappa shape index (κ1) is 9.89. The molecule has 1 nitrogen and oxygen atoms in total. The van der Waals surface area contributed by atoms with Crippen molar-refractivity contribution in [1.82, 2.24) is 0 Å². The Morgan fingerprint density at radius 1 is 1.20 bits per heavy atom. The number of alkyl halides is 1. The van der Waals surface area contributed by atoms with Crippen molar-refractivity contribution in [3.05, 3.63) is 0 Å². The molecule has 2 heteroatoms. The molecule has 0 aromatic rings. The quantitative estimate of drug-likeness (QED) is 0.574. The average molecular weight is 148 g/mol. The molecule has 0 aliphatic carbocycles. The SMILES string of the molecule is CCCCCCCC(O)F. The fourth-order valence-electron chi connectivity index (χ4n) is 0.916. The summed E-state index contributed by atoms with van der Waals surface area (Å²) >= 11 is 0. The van der Waals surface area contributed by atoms with Gasteiger partial charge in [0.1, 0.15) is 0 Å². The Bertz CT molecular complexity index is 64.3. The Morgan fingerprint density at radius 2 is 1.80 bits per heavy atom. The van der Waals surface area contributed by atoms with E-state index < -0.39 is 6.36 Å². The highest BCUT2D eigenvalue weighted by atomic mass is 19.1. The summed E-state index contributed by atoms with van der Waals surface area (Å²) in [5.41, 5.74) is 0. The Hall–Kier alpha value is -0.110. The first-order valence-electron chi connectivity index (χ1n) is 4.09. The maximum Gasteiger partial charge on any atom is 0.196 e. The highest BCUT2D eigenvalue weighted by Gasteiger charge is 1.97. The van der Waals surface area contributed by atoms with Crippen LogP contribution in [0.1, 0.15) is 45.4 Å². The van der Waals surface area contributed by atoms with Crippen LogP contribution in [-0.2, 0) is 0 Å². The first-order valence-corrected chi connectivity index (χ1v) is 4.09. The molecular weight excluding hydrogens is 131 g/mol. The van der Waals surface area contributed by atoms with Crippen LogP contribution in [0.25, 0.3) is 0 Å². The number of rotatable bonds is 6. The third-order valence-electron chi connectivity index (χ3n) is 1.55. The number of unbranched alkanes of at least 4 members (excludes halogenated alkanes) is 4. The topological polar surface area (TPSA) is 20.2 Å².